The standard InChI is InChI=1S/C12H18N2O4S/c1-16-10(15)5-9-6-19-11(14-9)13-7-12(17-2)3-4-18-8-12/h6H,3-5,7-8H2,1-2H3,(H,13,14). The van der Waals surface area contributed by atoms with Crippen molar-refractivity contribution >= 4 is 22.4 Å². The molecule has 0 amide bonds. The number of rotatable bonds is 6. The van der Waals surface area contributed by atoms with Crippen LogP contribution in [0, 0.1) is 0 Å². The van der Waals surface area contributed by atoms with Gasteiger partial charge >= 0.3 is 5.97 Å². The van der Waals surface area contributed by atoms with Gasteiger partial charge in [0, 0.05) is 32.1 Å². The molecule has 106 valence electrons. The number of hydrogen-bond donors (Lipinski definition) is 1. The average molecular weight is 286 g/mol. The van der Waals surface area contributed by atoms with E-state index in [9.17, 15) is 4.79 Å². The molecule has 1 N–H and O–H groups in total. The SMILES string of the molecule is COC(=O)Cc1csc(NCC2(OC)CCOC2)n1. The van der Waals surface area contributed by atoms with Crippen LogP contribution in [0.5, 0.6) is 0 Å². The van der Waals surface area contributed by atoms with Crippen LogP contribution in [0.15, 0.2) is 5.38 Å². The Morgan fingerprint density at radius 1 is 1.63 bits per heavy atom. The molecule has 0 aromatic carbocycles. The lowest BCUT2D eigenvalue weighted by molar-refractivity contribution is -0.139. The number of nitrogens with one attached hydrogen (secondary N) is 1. The fourth-order valence-corrected chi connectivity index (χ4v) is 2.60. The molecule has 7 heteroatoms. The lowest BCUT2D eigenvalue weighted by Crippen LogP contribution is -2.39. The summed E-state index contributed by atoms with van der Waals surface area (Å²) in [6.45, 7) is 1.96. The molecule has 2 rings (SSSR count). The van der Waals surface area contributed by atoms with Gasteiger partial charge in [-0.05, 0) is 0 Å². The van der Waals surface area contributed by atoms with Crippen molar-refractivity contribution in [2.45, 2.75) is 18.4 Å². The Kier molecular flexibility index (Phi) is 4.73. The van der Waals surface area contributed by atoms with E-state index in [2.05, 4.69) is 15.0 Å². The number of anilines is 1. The van der Waals surface area contributed by atoms with Crippen LogP contribution in [0.2, 0.25) is 0 Å². The monoisotopic (exact) mass is 286 g/mol. The number of nitrogens with zero attached hydrogens (tertiary/aromatic N) is 1. The molecule has 1 saturated heterocycles. The summed E-state index contributed by atoms with van der Waals surface area (Å²) in [5.41, 5.74) is 0.447. The summed E-state index contributed by atoms with van der Waals surface area (Å²) in [6.07, 6.45) is 1.07. The van der Waals surface area contributed by atoms with E-state index >= 15 is 0 Å². The van der Waals surface area contributed by atoms with Crippen molar-refractivity contribution in [2.75, 3.05) is 39.3 Å². The van der Waals surface area contributed by atoms with Gasteiger partial charge in [0.05, 0.1) is 25.8 Å². The lowest BCUT2D eigenvalue weighted by Gasteiger charge is -2.25. The highest BCUT2D eigenvalue weighted by Gasteiger charge is 2.34. The summed E-state index contributed by atoms with van der Waals surface area (Å²) in [5.74, 6) is -0.283. The molecular weight excluding hydrogens is 268 g/mol. The Morgan fingerprint density at radius 2 is 2.47 bits per heavy atom. The minimum atomic E-state index is -0.283. The highest BCUT2D eigenvalue weighted by molar-refractivity contribution is 7.13. The van der Waals surface area contributed by atoms with Crippen molar-refractivity contribution in [1.82, 2.24) is 4.98 Å². The molecule has 19 heavy (non-hydrogen) atoms. The van der Waals surface area contributed by atoms with Crippen LogP contribution in [-0.2, 0) is 25.4 Å². The minimum absolute atomic E-state index is 0.202. The second-order valence-corrected chi connectivity index (χ2v) is 5.30. The van der Waals surface area contributed by atoms with E-state index in [1.807, 2.05) is 5.38 Å². The zero-order valence-electron chi connectivity index (χ0n) is 11.1. The van der Waals surface area contributed by atoms with E-state index in [0.717, 1.165) is 18.2 Å². The number of carbonyl (C=O) groups is 1. The number of esters is 1. The third kappa shape index (κ3) is 3.65. The largest absolute Gasteiger partial charge is 0.469 e. The smallest absolute Gasteiger partial charge is 0.311 e. The van der Waals surface area contributed by atoms with Crippen LogP contribution in [-0.4, -0.2) is 50.5 Å². The molecule has 1 aliphatic rings. The van der Waals surface area contributed by atoms with Gasteiger partial charge in [-0.15, -0.1) is 11.3 Å². The summed E-state index contributed by atoms with van der Waals surface area (Å²) in [5, 5.41) is 5.87. The first kappa shape index (κ1) is 14.2. The Bertz CT molecular complexity index is 429. The van der Waals surface area contributed by atoms with Gasteiger partial charge in [0.15, 0.2) is 5.13 Å². The van der Waals surface area contributed by atoms with Crippen LogP contribution >= 0.6 is 11.3 Å². The predicted molar refractivity (Wildman–Crippen MR) is 71.5 cm³/mol. The first-order valence-electron chi connectivity index (χ1n) is 6.05. The second-order valence-electron chi connectivity index (χ2n) is 4.44. The zero-order valence-corrected chi connectivity index (χ0v) is 11.9. The number of thiazole rings is 1. The quantitative estimate of drug-likeness (QED) is 0.789. The summed E-state index contributed by atoms with van der Waals surface area (Å²) in [7, 11) is 3.07. The highest BCUT2D eigenvalue weighted by atomic mass is 32.1. The molecule has 1 aliphatic heterocycles. The maximum absolute atomic E-state index is 11.1. The van der Waals surface area contributed by atoms with Crippen LogP contribution in [0.3, 0.4) is 0 Å². The van der Waals surface area contributed by atoms with Crippen molar-refractivity contribution in [3.05, 3.63) is 11.1 Å². The van der Waals surface area contributed by atoms with Crippen molar-refractivity contribution in [3.8, 4) is 0 Å². The molecule has 1 aromatic heterocycles. The van der Waals surface area contributed by atoms with Crippen LogP contribution in [0.1, 0.15) is 12.1 Å². The molecule has 6 nitrogen and oxygen atoms in total. The third-order valence-electron chi connectivity index (χ3n) is 3.17. The maximum Gasteiger partial charge on any atom is 0.311 e. The summed E-state index contributed by atoms with van der Waals surface area (Å²) in [6, 6.07) is 0. The van der Waals surface area contributed by atoms with Gasteiger partial charge in [-0.25, -0.2) is 4.98 Å². The number of carbonyl (C=O) groups excluding carboxylic acids is 1. The summed E-state index contributed by atoms with van der Waals surface area (Å²) in [4.78, 5) is 15.5. The molecule has 0 bridgehead atoms. The molecule has 1 aromatic rings. The van der Waals surface area contributed by atoms with E-state index in [1.165, 1.54) is 18.4 Å². The van der Waals surface area contributed by atoms with E-state index in [1.54, 1.807) is 7.11 Å². The second kappa shape index (κ2) is 6.31. The fourth-order valence-electron chi connectivity index (χ4n) is 1.89. The Morgan fingerprint density at radius 3 is 3.11 bits per heavy atom. The minimum Gasteiger partial charge on any atom is -0.469 e. The topological polar surface area (TPSA) is 69.7 Å². The van der Waals surface area contributed by atoms with Crippen LogP contribution < -0.4 is 5.32 Å². The molecule has 0 radical (unpaired) electrons. The Labute approximate surface area is 116 Å². The van der Waals surface area contributed by atoms with E-state index in [0.29, 0.717) is 18.8 Å². The van der Waals surface area contributed by atoms with Crippen molar-refractivity contribution in [2.24, 2.45) is 0 Å². The molecular formula is C12H18N2O4S. The number of ether oxygens (including phenoxy) is 3. The summed E-state index contributed by atoms with van der Waals surface area (Å²) >= 11 is 1.47. The van der Waals surface area contributed by atoms with Crippen molar-refractivity contribution < 1.29 is 19.0 Å². The van der Waals surface area contributed by atoms with Crippen LogP contribution in [0.4, 0.5) is 5.13 Å². The van der Waals surface area contributed by atoms with Gasteiger partial charge in [-0.2, -0.15) is 0 Å². The first-order valence-corrected chi connectivity index (χ1v) is 6.93. The average Bonchev–Trinajstić information content (AvgIpc) is 3.06. The van der Waals surface area contributed by atoms with E-state index in [4.69, 9.17) is 9.47 Å². The maximum atomic E-state index is 11.1. The van der Waals surface area contributed by atoms with E-state index in [-0.39, 0.29) is 18.0 Å². The number of hydrogen-bond acceptors (Lipinski definition) is 7. The summed E-state index contributed by atoms with van der Waals surface area (Å²) < 4.78 is 15.5. The van der Waals surface area contributed by atoms with Gasteiger partial charge in [-0.3, -0.25) is 4.79 Å². The molecule has 2 heterocycles. The van der Waals surface area contributed by atoms with Gasteiger partial charge in [0.2, 0.25) is 0 Å². The molecule has 0 aliphatic carbocycles. The lowest BCUT2D eigenvalue weighted by atomic mass is 10.0. The van der Waals surface area contributed by atoms with Crippen molar-refractivity contribution in [3.63, 3.8) is 0 Å². The van der Waals surface area contributed by atoms with Gasteiger partial charge in [-0.1, -0.05) is 0 Å². The van der Waals surface area contributed by atoms with E-state index < -0.39 is 0 Å². The highest BCUT2D eigenvalue weighted by Crippen LogP contribution is 2.24. The first-order chi connectivity index (χ1) is 9.17. The van der Waals surface area contributed by atoms with Crippen LogP contribution in [0.25, 0.3) is 0 Å². The number of aromatic nitrogens is 1. The molecule has 0 saturated carbocycles. The Hall–Kier alpha value is -1.18. The van der Waals surface area contributed by atoms with Gasteiger partial charge < -0.3 is 19.5 Å². The Balaban J connectivity index is 1.87. The molecule has 1 atom stereocenters. The molecule has 0 spiro atoms. The van der Waals surface area contributed by atoms with Crippen molar-refractivity contribution in [1.29, 1.82) is 0 Å². The fraction of sp³-hybridized carbons (Fsp3) is 0.667. The third-order valence-corrected chi connectivity index (χ3v) is 4.02. The molecule has 1 fully saturated rings. The molecule has 1 unspecified atom stereocenters. The van der Waals surface area contributed by atoms with Gasteiger partial charge in [0.1, 0.15) is 5.60 Å². The normalized spacial score (nSPS) is 22.4. The van der Waals surface area contributed by atoms with Gasteiger partial charge in [0.25, 0.3) is 0 Å². The predicted octanol–water partition coefficient (Wildman–Crippen LogP) is 1.08. The zero-order chi connectivity index (χ0) is 13.7. The number of methoxy groups -OCH3 is 2.